The van der Waals surface area contributed by atoms with Crippen LogP contribution in [0.5, 0.6) is 0 Å². The van der Waals surface area contributed by atoms with Crippen molar-refractivity contribution in [3.8, 4) is 11.4 Å². The summed E-state index contributed by atoms with van der Waals surface area (Å²) < 4.78 is 0. The summed E-state index contributed by atoms with van der Waals surface area (Å²) in [5, 5.41) is 11.3. The van der Waals surface area contributed by atoms with Crippen LogP contribution in [0.2, 0.25) is 10.0 Å². The fourth-order valence-electron chi connectivity index (χ4n) is 2.16. The van der Waals surface area contributed by atoms with E-state index in [1.165, 1.54) is 11.8 Å². The van der Waals surface area contributed by atoms with Crippen molar-refractivity contribution in [2.45, 2.75) is 12.1 Å². The highest BCUT2D eigenvalue weighted by molar-refractivity contribution is 7.99. The van der Waals surface area contributed by atoms with Gasteiger partial charge in [0.05, 0.1) is 10.8 Å². The Labute approximate surface area is 159 Å². The number of nitrogens with zero attached hydrogens (tertiary/aromatic N) is 2. The summed E-state index contributed by atoms with van der Waals surface area (Å²) in [6.45, 7) is 1.97. The van der Waals surface area contributed by atoms with Gasteiger partial charge in [0, 0.05) is 16.3 Å². The number of carbonyl (C=O) groups excluding carboxylic acids is 1. The average Bonchev–Trinajstić information content (AvgIpc) is 3.01. The lowest BCUT2D eigenvalue weighted by Gasteiger charge is -2.04. The molecule has 1 amide bonds. The monoisotopic (exact) mass is 392 g/mol. The van der Waals surface area contributed by atoms with Crippen molar-refractivity contribution in [2.75, 3.05) is 11.1 Å². The van der Waals surface area contributed by atoms with E-state index >= 15 is 0 Å². The standard InChI is InChI=1S/C17H14Cl2N4OS/c1-10-3-2-4-12(7-10)20-15(24)9-25-17-21-16(22-23-17)13-6-5-11(18)8-14(13)19/h2-8H,9H2,1H3,(H,20,24)(H,21,22,23). The van der Waals surface area contributed by atoms with E-state index in [1.807, 2.05) is 31.2 Å². The molecule has 0 fully saturated rings. The molecular weight excluding hydrogens is 379 g/mol. The van der Waals surface area contributed by atoms with Crippen LogP contribution >= 0.6 is 35.0 Å². The van der Waals surface area contributed by atoms with Crippen LogP contribution in [0.25, 0.3) is 11.4 Å². The van der Waals surface area contributed by atoms with Crippen LogP contribution in [0, 0.1) is 6.92 Å². The summed E-state index contributed by atoms with van der Waals surface area (Å²) in [6.07, 6.45) is 0. The van der Waals surface area contributed by atoms with Crippen LogP contribution in [0.15, 0.2) is 47.6 Å². The summed E-state index contributed by atoms with van der Waals surface area (Å²) >= 11 is 13.3. The van der Waals surface area contributed by atoms with E-state index in [4.69, 9.17) is 23.2 Å². The maximum absolute atomic E-state index is 12.0. The summed E-state index contributed by atoms with van der Waals surface area (Å²) in [5.74, 6) is 0.620. The maximum Gasteiger partial charge on any atom is 0.234 e. The first-order valence-electron chi connectivity index (χ1n) is 7.38. The number of nitrogens with one attached hydrogen (secondary N) is 2. The van der Waals surface area contributed by atoms with Gasteiger partial charge in [-0.2, -0.15) is 0 Å². The Hall–Kier alpha value is -2.02. The molecule has 5 nitrogen and oxygen atoms in total. The van der Waals surface area contributed by atoms with Crippen molar-refractivity contribution in [3.05, 3.63) is 58.1 Å². The van der Waals surface area contributed by atoms with Gasteiger partial charge in [-0.3, -0.25) is 9.89 Å². The molecule has 1 aromatic heterocycles. The molecule has 0 saturated heterocycles. The Morgan fingerprint density at radius 1 is 1.24 bits per heavy atom. The van der Waals surface area contributed by atoms with Crippen LogP contribution in [0.3, 0.4) is 0 Å². The number of hydrogen-bond donors (Lipinski definition) is 2. The number of aromatic nitrogens is 3. The Morgan fingerprint density at radius 2 is 2.08 bits per heavy atom. The third-order valence-corrected chi connectivity index (χ3v) is 4.68. The minimum absolute atomic E-state index is 0.119. The molecule has 0 atom stereocenters. The Morgan fingerprint density at radius 3 is 2.84 bits per heavy atom. The van der Waals surface area contributed by atoms with Crippen molar-refractivity contribution in [1.82, 2.24) is 15.2 Å². The fraction of sp³-hybridized carbons (Fsp3) is 0.118. The lowest BCUT2D eigenvalue weighted by Crippen LogP contribution is -2.14. The van der Waals surface area contributed by atoms with Crippen molar-refractivity contribution >= 4 is 46.6 Å². The molecule has 0 aliphatic carbocycles. The third-order valence-electron chi connectivity index (χ3n) is 3.29. The number of benzene rings is 2. The van der Waals surface area contributed by atoms with Crippen molar-refractivity contribution in [1.29, 1.82) is 0 Å². The molecule has 0 aliphatic rings. The summed E-state index contributed by atoms with van der Waals surface area (Å²) in [6, 6.07) is 12.8. The van der Waals surface area contributed by atoms with E-state index in [0.717, 1.165) is 11.3 Å². The van der Waals surface area contributed by atoms with Gasteiger partial charge in [-0.1, -0.05) is 47.1 Å². The Balaban J connectivity index is 1.61. The number of rotatable bonds is 5. The fourth-order valence-corrected chi connectivity index (χ4v) is 3.26. The third kappa shape index (κ3) is 4.75. The van der Waals surface area contributed by atoms with Gasteiger partial charge in [0.2, 0.25) is 11.1 Å². The quantitative estimate of drug-likeness (QED) is 0.610. The summed E-state index contributed by atoms with van der Waals surface area (Å²) in [4.78, 5) is 16.4. The molecule has 0 bridgehead atoms. The molecule has 1 heterocycles. The molecule has 0 spiro atoms. The zero-order valence-corrected chi connectivity index (χ0v) is 15.5. The SMILES string of the molecule is Cc1cccc(NC(=O)CSc2n[nH]c(-c3ccc(Cl)cc3Cl)n2)c1. The van der Waals surface area contributed by atoms with Gasteiger partial charge >= 0.3 is 0 Å². The lowest BCUT2D eigenvalue weighted by molar-refractivity contribution is -0.113. The van der Waals surface area contributed by atoms with Crippen LogP contribution in [-0.4, -0.2) is 26.8 Å². The van der Waals surface area contributed by atoms with E-state index in [-0.39, 0.29) is 11.7 Å². The predicted molar refractivity (Wildman–Crippen MR) is 102 cm³/mol. The number of aromatic amines is 1. The van der Waals surface area contributed by atoms with Gasteiger partial charge in [-0.05, 0) is 42.8 Å². The molecule has 0 unspecified atom stereocenters. The molecule has 2 aromatic carbocycles. The molecule has 8 heteroatoms. The van der Waals surface area contributed by atoms with Crippen molar-refractivity contribution < 1.29 is 4.79 Å². The highest BCUT2D eigenvalue weighted by atomic mass is 35.5. The largest absolute Gasteiger partial charge is 0.325 e. The Kier molecular flexibility index (Phi) is 5.63. The zero-order valence-electron chi connectivity index (χ0n) is 13.2. The van der Waals surface area contributed by atoms with Gasteiger partial charge < -0.3 is 5.32 Å². The molecule has 3 rings (SSSR count). The van der Waals surface area contributed by atoms with E-state index in [1.54, 1.807) is 18.2 Å². The van der Waals surface area contributed by atoms with Gasteiger partial charge in [0.25, 0.3) is 0 Å². The number of amides is 1. The van der Waals surface area contributed by atoms with Crippen LogP contribution < -0.4 is 5.32 Å². The average molecular weight is 393 g/mol. The van der Waals surface area contributed by atoms with E-state index < -0.39 is 0 Å². The van der Waals surface area contributed by atoms with Gasteiger partial charge in [0.1, 0.15) is 0 Å². The molecule has 0 saturated carbocycles. The maximum atomic E-state index is 12.0. The predicted octanol–water partition coefficient (Wildman–Crippen LogP) is 4.82. The molecule has 25 heavy (non-hydrogen) atoms. The van der Waals surface area contributed by atoms with Crippen LogP contribution in [-0.2, 0) is 4.79 Å². The van der Waals surface area contributed by atoms with Gasteiger partial charge in [0.15, 0.2) is 5.82 Å². The first-order chi connectivity index (χ1) is 12.0. The van der Waals surface area contributed by atoms with E-state index in [2.05, 4.69) is 20.5 Å². The first kappa shape index (κ1) is 17.8. The molecule has 0 aliphatic heterocycles. The molecule has 3 aromatic rings. The highest BCUT2D eigenvalue weighted by Crippen LogP contribution is 2.29. The van der Waals surface area contributed by atoms with Crippen molar-refractivity contribution in [2.24, 2.45) is 0 Å². The molecule has 128 valence electrons. The van der Waals surface area contributed by atoms with E-state index in [9.17, 15) is 4.79 Å². The number of anilines is 1. The summed E-state index contributed by atoms with van der Waals surface area (Å²) in [5.41, 5.74) is 2.56. The molecular formula is C17H14Cl2N4OS. The van der Waals surface area contributed by atoms with Crippen LogP contribution in [0.1, 0.15) is 5.56 Å². The summed E-state index contributed by atoms with van der Waals surface area (Å²) in [7, 11) is 0. The lowest BCUT2D eigenvalue weighted by atomic mass is 10.2. The molecule has 2 N–H and O–H groups in total. The second-order valence-corrected chi connectivity index (χ2v) is 7.08. The zero-order chi connectivity index (χ0) is 17.8. The van der Waals surface area contributed by atoms with Crippen molar-refractivity contribution in [3.63, 3.8) is 0 Å². The highest BCUT2D eigenvalue weighted by Gasteiger charge is 2.12. The van der Waals surface area contributed by atoms with Gasteiger partial charge in [-0.15, -0.1) is 5.10 Å². The number of thioether (sulfide) groups is 1. The second-order valence-electron chi connectivity index (χ2n) is 5.30. The number of halogens is 2. The van der Waals surface area contributed by atoms with Crippen LogP contribution in [0.4, 0.5) is 5.69 Å². The minimum Gasteiger partial charge on any atom is -0.325 e. The molecule has 0 radical (unpaired) electrons. The van der Waals surface area contributed by atoms with E-state index in [0.29, 0.717) is 26.6 Å². The second kappa shape index (κ2) is 7.91. The smallest absolute Gasteiger partial charge is 0.234 e. The number of hydrogen-bond acceptors (Lipinski definition) is 4. The Bertz CT molecular complexity index is 913. The number of H-pyrrole nitrogens is 1. The normalized spacial score (nSPS) is 10.7. The number of carbonyl (C=O) groups is 1. The minimum atomic E-state index is -0.119. The first-order valence-corrected chi connectivity index (χ1v) is 9.12. The van der Waals surface area contributed by atoms with Gasteiger partial charge in [-0.25, -0.2) is 4.98 Å². The number of aryl methyl sites for hydroxylation is 1. The topological polar surface area (TPSA) is 70.7 Å².